The third-order valence-corrected chi connectivity index (χ3v) is 7.94. The molecular weight excluding hydrogens is 469 g/mol. The van der Waals surface area contributed by atoms with Crippen molar-refractivity contribution in [2.45, 2.75) is 44.9 Å². The molecule has 0 spiro atoms. The molecule has 2 fully saturated rings. The molecule has 1 aromatic carbocycles. The van der Waals surface area contributed by atoms with E-state index in [1.807, 2.05) is 23.2 Å². The van der Waals surface area contributed by atoms with E-state index >= 15 is 0 Å². The highest BCUT2D eigenvalue weighted by atomic mass is 19.4. The number of fused-ring (bicyclic) bond motifs is 2. The Hall–Kier alpha value is -2.98. The lowest BCUT2D eigenvalue weighted by molar-refractivity contribution is -0.192. The summed E-state index contributed by atoms with van der Waals surface area (Å²) in [6, 6.07) is 8.05. The lowest BCUT2D eigenvalue weighted by Gasteiger charge is -2.34. The second-order valence-corrected chi connectivity index (χ2v) is 10.3. The Morgan fingerprint density at radius 3 is 2.64 bits per heavy atom. The zero-order chi connectivity index (χ0) is 24.9. The van der Waals surface area contributed by atoms with Gasteiger partial charge in [0.15, 0.2) is 0 Å². The number of piperidine rings is 1. The Bertz CT molecular complexity index is 1290. The summed E-state index contributed by atoms with van der Waals surface area (Å²) in [5.41, 5.74) is 0.607. The lowest BCUT2D eigenvalue weighted by Crippen LogP contribution is -2.44. The predicted molar refractivity (Wildman–Crippen MR) is 130 cm³/mol. The maximum Gasteiger partial charge on any atom is 0.395 e. The van der Waals surface area contributed by atoms with Crippen LogP contribution in [-0.4, -0.2) is 57.7 Å². The predicted octanol–water partition coefficient (Wildman–Crippen LogP) is 4.19. The number of hydrogen-bond acceptors (Lipinski definition) is 5. The van der Waals surface area contributed by atoms with Crippen molar-refractivity contribution in [3.05, 3.63) is 42.5 Å². The van der Waals surface area contributed by atoms with E-state index in [4.69, 9.17) is 0 Å². The molecule has 2 aromatic heterocycles. The van der Waals surface area contributed by atoms with E-state index in [1.54, 1.807) is 6.20 Å². The third-order valence-electron chi connectivity index (χ3n) is 7.94. The van der Waals surface area contributed by atoms with Crippen LogP contribution in [0.15, 0.2) is 36.7 Å². The molecule has 0 radical (unpaired) electrons. The third kappa shape index (κ3) is 4.37. The van der Waals surface area contributed by atoms with Crippen molar-refractivity contribution in [1.29, 1.82) is 0 Å². The molecule has 2 N–H and O–H groups in total. The fourth-order valence-corrected chi connectivity index (χ4v) is 5.49. The number of likely N-dealkylation sites (tertiary alicyclic amines) is 1. The van der Waals surface area contributed by atoms with Crippen LogP contribution in [-0.2, 0) is 17.9 Å². The van der Waals surface area contributed by atoms with Crippen molar-refractivity contribution in [1.82, 2.24) is 24.8 Å². The van der Waals surface area contributed by atoms with Gasteiger partial charge in [0.2, 0.25) is 5.91 Å². The summed E-state index contributed by atoms with van der Waals surface area (Å²) in [5, 5.41) is 8.21. The number of nitrogens with one attached hydrogen (secondary N) is 2. The zero-order valence-corrected chi connectivity index (χ0v) is 19.9. The van der Waals surface area contributed by atoms with Gasteiger partial charge in [0.25, 0.3) is 0 Å². The van der Waals surface area contributed by atoms with E-state index in [0.717, 1.165) is 47.5 Å². The monoisotopic (exact) mass is 498 g/mol. The van der Waals surface area contributed by atoms with Crippen LogP contribution in [0.5, 0.6) is 0 Å². The Morgan fingerprint density at radius 1 is 1.08 bits per heavy atom. The second kappa shape index (κ2) is 8.85. The molecule has 1 saturated carbocycles. The van der Waals surface area contributed by atoms with Crippen molar-refractivity contribution >= 4 is 22.5 Å². The average Bonchev–Trinajstić information content (AvgIpc) is 3.54. The number of benzene rings is 1. The van der Waals surface area contributed by atoms with Crippen LogP contribution >= 0.6 is 0 Å². The van der Waals surface area contributed by atoms with Gasteiger partial charge in [-0.1, -0.05) is 12.1 Å². The lowest BCUT2D eigenvalue weighted by atomic mass is 9.94. The number of hydrogen-bond donors (Lipinski definition) is 2. The van der Waals surface area contributed by atoms with Gasteiger partial charge in [-0.25, -0.2) is 9.97 Å². The summed E-state index contributed by atoms with van der Waals surface area (Å²) in [4.78, 5) is 23.7. The largest absolute Gasteiger partial charge is 0.395 e. The minimum absolute atomic E-state index is 0.0519. The number of carbonyl (C=O) groups is 1. The van der Waals surface area contributed by atoms with E-state index in [1.165, 1.54) is 0 Å². The average molecular weight is 499 g/mol. The summed E-state index contributed by atoms with van der Waals surface area (Å²) >= 11 is 0. The fourth-order valence-electron chi connectivity index (χ4n) is 5.49. The highest BCUT2D eigenvalue weighted by Crippen LogP contribution is 2.58. The molecule has 10 heteroatoms. The molecule has 4 heterocycles. The Kier molecular flexibility index (Phi) is 5.75. The van der Waals surface area contributed by atoms with Gasteiger partial charge < -0.3 is 20.1 Å². The van der Waals surface area contributed by atoms with Crippen molar-refractivity contribution < 1.29 is 18.0 Å². The van der Waals surface area contributed by atoms with E-state index in [9.17, 15) is 18.0 Å². The summed E-state index contributed by atoms with van der Waals surface area (Å²) in [7, 11) is 0. The molecule has 0 bridgehead atoms. The molecule has 3 aromatic rings. The number of amides is 1. The molecule has 0 unspecified atom stereocenters. The smallest absolute Gasteiger partial charge is 0.326 e. The number of aromatic nitrogens is 3. The van der Waals surface area contributed by atoms with Crippen LogP contribution in [0.2, 0.25) is 0 Å². The molecular formula is C26H29F3N6O. The van der Waals surface area contributed by atoms with Gasteiger partial charge in [-0.15, -0.1) is 0 Å². The van der Waals surface area contributed by atoms with E-state index in [0.29, 0.717) is 31.7 Å². The maximum atomic E-state index is 13.3. The first-order valence-electron chi connectivity index (χ1n) is 12.6. The van der Waals surface area contributed by atoms with Crippen molar-refractivity contribution in [2.75, 3.05) is 31.5 Å². The molecule has 36 heavy (non-hydrogen) atoms. The van der Waals surface area contributed by atoms with Gasteiger partial charge in [-0.3, -0.25) is 4.79 Å². The van der Waals surface area contributed by atoms with Gasteiger partial charge in [0, 0.05) is 42.7 Å². The first-order chi connectivity index (χ1) is 17.3. The number of rotatable bonds is 5. The Labute approximate surface area is 207 Å². The first-order valence-corrected chi connectivity index (χ1v) is 12.6. The SMILES string of the molecule is O=C(Nc1cc2cc(-c3cnc4n3CCNC4)ccc2cn1)C1CCN(CC2(C(F)(F)F)CC2)CC1. The quantitative estimate of drug-likeness (QED) is 0.552. The minimum Gasteiger partial charge on any atom is -0.326 e. The Balaban J connectivity index is 1.11. The van der Waals surface area contributed by atoms with Gasteiger partial charge in [-0.05, 0) is 56.3 Å². The van der Waals surface area contributed by atoms with Crippen molar-refractivity contribution in [3.63, 3.8) is 0 Å². The van der Waals surface area contributed by atoms with Crippen LogP contribution in [0.25, 0.3) is 22.0 Å². The summed E-state index contributed by atoms with van der Waals surface area (Å²) in [6.07, 6.45) is 1.05. The Morgan fingerprint density at radius 2 is 1.89 bits per heavy atom. The highest BCUT2D eigenvalue weighted by molar-refractivity contribution is 5.95. The number of pyridine rings is 1. The van der Waals surface area contributed by atoms with E-state index < -0.39 is 11.6 Å². The molecule has 2 aliphatic heterocycles. The van der Waals surface area contributed by atoms with Crippen molar-refractivity contribution in [2.24, 2.45) is 11.3 Å². The number of halogens is 3. The maximum absolute atomic E-state index is 13.3. The van der Waals surface area contributed by atoms with Crippen LogP contribution in [0.4, 0.5) is 19.0 Å². The number of anilines is 1. The summed E-state index contributed by atoms with van der Waals surface area (Å²) in [5.74, 6) is 1.17. The van der Waals surface area contributed by atoms with Crippen molar-refractivity contribution in [3.8, 4) is 11.3 Å². The number of alkyl halides is 3. The van der Waals surface area contributed by atoms with Crippen LogP contribution in [0.3, 0.4) is 0 Å². The van der Waals surface area contributed by atoms with Crippen LogP contribution in [0, 0.1) is 11.3 Å². The molecule has 7 nitrogen and oxygen atoms in total. The van der Waals surface area contributed by atoms with Gasteiger partial charge in [0.05, 0.1) is 23.9 Å². The van der Waals surface area contributed by atoms with E-state index in [-0.39, 0.29) is 31.2 Å². The molecule has 3 aliphatic rings. The van der Waals surface area contributed by atoms with E-state index in [2.05, 4.69) is 37.3 Å². The minimum atomic E-state index is -4.14. The molecule has 0 atom stereocenters. The molecule has 190 valence electrons. The summed E-state index contributed by atoms with van der Waals surface area (Å²) in [6.45, 7) is 3.61. The number of nitrogens with zero attached hydrogens (tertiary/aromatic N) is 4. The number of carbonyl (C=O) groups excluding carboxylic acids is 1. The topological polar surface area (TPSA) is 75.1 Å². The summed E-state index contributed by atoms with van der Waals surface area (Å²) < 4.78 is 42.1. The normalized spacial score (nSPS) is 20.3. The fraction of sp³-hybridized carbons (Fsp3) is 0.500. The first kappa shape index (κ1) is 23.4. The standard InChI is InChI=1S/C26H29F3N6O/c27-26(28,29)25(5-6-25)16-34-8-3-17(4-9-34)24(36)33-22-12-20-11-18(1-2-19(20)13-31-22)21-14-32-23-15-30-7-10-35(21)23/h1-2,11-14,17,30H,3-10,15-16H2,(H,31,33,36). The second-order valence-electron chi connectivity index (χ2n) is 10.3. The van der Waals surface area contributed by atoms with Gasteiger partial charge in [0.1, 0.15) is 11.6 Å². The van der Waals surface area contributed by atoms with Crippen LogP contribution < -0.4 is 10.6 Å². The van der Waals surface area contributed by atoms with Gasteiger partial charge >= 0.3 is 6.18 Å². The molecule has 6 rings (SSSR count). The van der Waals surface area contributed by atoms with Gasteiger partial charge in [-0.2, -0.15) is 13.2 Å². The molecule has 1 amide bonds. The number of imidazole rings is 1. The zero-order valence-electron chi connectivity index (χ0n) is 19.9. The molecule has 1 saturated heterocycles. The van der Waals surface area contributed by atoms with Crippen LogP contribution in [0.1, 0.15) is 31.5 Å². The highest BCUT2D eigenvalue weighted by Gasteiger charge is 2.63. The molecule has 1 aliphatic carbocycles.